The first-order valence-corrected chi connectivity index (χ1v) is 4.36. The second-order valence-corrected chi connectivity index (χ2v) is 3.32. The highest BCUT2D eigenvalue weighted by Gasteiger charge is 2.35. The van der Waals surface area contributed by atoms with Crippen molar-refractivity contribution in [2.75, 3.05) is 0 Å². The van der Waals surface area contributed by atoms with E-state index < -0.39 is 28.9 Å². The molecule has 0 atom stereocenters. The topological polar surface area (TPSA) is 70.7 Å². The quantitative estimate of drug-likeness (QED) is 0.699. The molecule has 2 rings (SSSR count). The molecule has 7 heteroatoms. The van der Waals surface area contributed by atoms with Crippen molar-refractivity contribution >= 4 is 11.0 Å². The zero-order chi connectivity index (χ0) is 12.8. The number of hydrogen-bond donors (Lipinski definition) is 2. The van der Waals surface area contributed by atoms with Crippen molar-refractivity contribution in [1.29, 1.82) is 0 Å². The fourth-order valence-electron chi connectivity index (χ4n) is 1.38. The van der Waals surface area contributed by atoms with Gasteiger partial charge in [-0.25, -0.2) is 4.79 Å². The molecular weight excluding hydrogens is 241 g/mol. The summed E-state index contributed by atoms with van der Waals surface area (Å²) in [7, 11) is 0. The van der Waals surface area contributed by atoms with Crippen LogP contribution in [0, 0.1) is 0 Å². The number of alkyl halides is 3. The monoisotopic (exact) mass is 246 g/mol. The average molecular weight is 246 g/mol. The lowest BCUT2D eigenvalue weighted by Crippen LogP contribution is -2.17. The van der Waals surface area contributed by atoms with E-state index in [-0.39, 0.29) is 11.0 Å². The molecule has 0 bridgehead atoms. The fourth-order valence-corrected chi connectivity index (χ4v) is 1.38. The summed E-state index contributed by atoms with van der Waals surface area (Å²) in [4.78, 5) is 11.1. The molecule has 2 aromatic rings. The molecule has 0 saturated heterocycles. The highest BCUT2D eigenvalue weighted by atomic mass is 19.4. The van der Waals surface area contributed by atoms with Crippen LogP contribution in [-0.4, -0.2) is 10.2 Å². The van der Waals surface area contributed by atoms with Gasteiger partial charge in [0.2, 0.25) is 0 Å². The normalized spacial score (nSPS) is 11.9. The first kappa shape index (κ1) is 11.3. The Labute approximate surface area is 91.5 Å². The van der Waals surface area contributed by atoms with E-state index in [2.05, 4.69) is 4.42 Å². The van der Waals surface area contributed by atoms with Crippen LogP contribution in [0.2, 0.25) is 0 Å². The first-order chi connectivity index (χ1) is 7.79. The van der Waals surface area contributed by atoms with Crippen molar-refractivity contribution in [2.24, 2.45) is 0 Å². The number of aromatic hydroxyl groups is 2. The van der Waals surface area contributed by atoms with Crippen LogP contribution in [0.25, 0.3) is 11.0 Å². The third-order valence-corrected chi connectivity index (χ3v) is 2.12. The molecule has 17 heavy (non-hydrogen) atoms. The van der Waals surface area contributed by atoms with E-state index in [4.69, 9.17) is 5.11 Å². The van der Waals surface area contributed by atoms with E-state index >= 15 is 0 Å². The van der Waals surface area contributed by atoms with Crippen molar-refractivity contribution < 1.29 is 27.8 Å². The maximum absolute atomic E-state index is 12.4. The van der Waals surface area contributed by atoms with Crippen molar-refractivity contribution in [3.63, 3.8) is 0 Å². The number of halogens is 3. The van der Waals surface area contributed by atoms with Crippen molar-refractivity contribution in [1.82, 2.24) is 0 Å². The minimum absolute atomic E-state index is 0.297. The molecule has 1 heterocycles. The van der Waals surface area contributed by atoms with Crippen LogP contribution in [0.15, 0.2) is 27.4 Å². The van der Waals surface area contributed by atoms with E-state index in [0.29, 0.717) is 6.07 Å². The van der Waals surface area contributed by atoms with Gasteiger partial charge in [0.15, 0.2) is 0 Å². The molecule has 0 aliphatic heterocycles. The Kier molecular flexibility index (Phi) is 2.27. The van der Waals surface area contributed by atoms with Crippen LogP contribution in [0.3, 0.4) is 0 Å². The third-order valence-electron chi connectivity index (χ3n) is 2.12. The summed E-state index contributed by atoms with van der Waals surface area (Å²) in [6.07, 6.45) is -4.86. The molecule has 0 unspecified atom stereocenters. The smallest absolute Gasteiger partial charge is 0.423 e. The molecule has 1 aromatic carbocycles. The Bertz CT molecular complexity index is 642. The zero-order valence-corrected chi connectivity index (χ0v) is 8.08. The van der Waals surface area contributed by atoms with E-state index in [1.807, 2.05) is 0 Å². The van der Waals surface area contributed by atoms with Crippen LogP contribution < -0.4 is 5.63 Å². The maximum atomic E-state index is 12.4. The van der Waals surface area contributed by atoms with Gasteiger partial charge in [-0.1, -0.05) is 0 Å². The van der Waals surface area contributed by atoms with Crippen LogP contribution in [0.1, 0.15) is 5.56 Å². The average Bonchev–Trinajstić information content (AvgIpc) is 2.13. The van der Waals surface area contributed by atoms with Crippen LogP contribution in [0.4, 0.5) is 13.2 Å². The number of phenolic OH excluding ortho intramolecular Hbond substituents is 2. The Morgan fingerprint density at radius 1 is 1.12 bits per heavy atom. The Hall–Kier alpha value is -2.18. The van der Waals surface area contributed by atoms with Crippen molar-refractivity contribution in [3.05, 3.63) is 34.2 Å². The van der Waals surface area contributed by atoms with Gasteiger partial charge in [0.05, 0.1) is 5.39 Å². The number of fused-ring (bicyclic) bond motifs is 1. The van der Waals surface area contributed by atoms with Gasteiger partial charge in [-0.15, -0.1) is 0 Å². The summed E-state index contributed by atoms with van der Waals surface area (Å²) in [6.45, 7) is 0. The lowest BCUT2D eigenvalue weighted by atomic mass is 10.1. The zero-order valence-electron chi connectivity index (χ0n) is 8.08. The molecule has 4 nitrogen and oxygen atoms in total. The second kappa shape index (κ2) is 3.41. The standard InChI is InChI=1S/C10H5F3O4/c11-10(12,13)6-3-5-7(15)1-4(14)2-8(5)17-9(6)16/h1-3,14-15H. The number of phenols is 2. The van der Waals surface area contributed by atoms with Gasteiger partial charge in [0, 0.05) is 12.1 Å². The van der Waals surface area contributed by atoms with Gasteiger partial charge in [-0.05, 0) is 6.07 Å². The summed E-state index contributed by atoms with van der Waals surface area (Å²) < 4.78 is 41.6. The molecule has 0 aliphatic carbocycles. The maximum Gasteiger partial charge on any atom is 0.423 e. The summed E-state index contributed by atoms with van der Waals surface area (Å²) in [5.74, 6) is -1.02. The molecule has 0 spiro atoms. The summed E-state index contributed by atoms with van der Waals surface area (Å²) in [5.41, 5.74) is -3.40. The Balaban J connectivity index is 2.86. The van der Waals surface area contributed by atoms with Gasteiger partial charge in [-0.2, -0.15) is 13.2 Å². The lowest BCUT2D eigenvalue weighted by molar-refractivity contribution is -0.139. The number of hydrogen-bond acceptors (Lipinski definition) is 4. The fraction of sp³-hybridized carbons (Fsp3) is 0.100. The molecule has 1 aromatic heterocycles. The molecule has 0 radical (unpaired) electrons. The predicted octanol–water partition coefficient (Wildman–Crippen LogP) is 2.22. The minimum Gasteiger partial charge on any atom is -0.508 e. The largest absolute Gasteiger partial charge is 0.508 e. The van der Waals surface area contributed by atoms with Crippen LogP contribution >= 0.6 is 0 Å². The van der Waals surface area contributed by atoms with Gasteiger partial charge in [0.1, 0.15) is 22.6 Å². The molecule has 0 amide bonds. The van der Waals surface area contributed by atoms with Gasteiger partial charge in [-0.3, -0.25) is 0 Å². The van der Waals surface area contributed by atoms with E-state index in [1.54, 1.807) is 0 Å². The molecule has 0 fully saturated rings. The Morgan fingerprint density at radius 3 is 2.35 bits per heavy atom. The minimum atomic E-state index is -4.86. The number of benzene rings is 1. The molecule has 90 valence electrons. The molecule has 2 N–H and O–H groups in total. The molecule has 0 saturated carbocycles. The summed E-state index contributed by atoms with van der Waals surface area (Å²) >= 11 is 0. The van der Waals surface area contributed by atoms with Crippen LogP contribution in [-0.2, 0) is 6.18 Å². The predicted molar refractivity (Wildman–Crippen MR) is 50.8 cm³/mol. The van der Waals surface area contributed by atoms with Gasteiger partial charge < -0.3 is 14.6 Å². The van der Waals surface area contributed by atoms with E-state index in [0.717, 1.165) is 12.1 Å². The third kappa shape index (κ3) is 1.91. The highest BCUT2D eigenvalue weighted by Crippen LogP contribution is 2.33. The SMILES string of the molecule is O=c1oc2cc(O)cc(O)c2cc1C(F)(F)F. The molecule has 0 aliphatic rings. The second-order valence-electron chi connectivity index (χ2n) is 3.32. The summed E-state index contributed by atoms with van der Waals surface area (Å²) in [5, 5.41) is 18.1. The van der Waals surface area contributed by atoms with Crippen LogP contribution in [0.5, 0.6) is 11.5 Å². The number of rotatable bonds is 0. The highest BCUT2D eigenvalue weighted by molar-refractivity contribution is 5.85. The van der Waals surface area contributed by atoms with Gasteiger partial charge >= 0.3 is 11.8 Å². The molecular formula is C10H5F3O4. The van der Waals surface area contributed by atoms with Crippen molar-refractivity contribution in [2.45, 2.75) is 6.18 Å². The van der Waals surface area contributed by atoms with Crippen molar-refractivity contribution in [3.8, 4) is 11.5 Å². The van der Waals surface area contributed by atoms with E-state index in [9.17, 15) is 23.1 Å². The van der Waals surface area contributed by atoms with E-state index in [1.165, 1.54) is 0 Å². The van der Waals surface area contributed by atoms with Gasteiger partial charge in [0.25, 0.3) is 0 Å². The Morgan fingerprint density at radius 2 is 1.76 bits per heavy atom. The first-order valence-electron chi connectivity index (χ1n) is 4.36. The summed E-state index contributed by atoms with van der Waals surface area (Å²) in [6, 6.07) is 2.27. The lowest BCUT2D eigenvalue weighted by Gasteiger charge is -2.07.